The summed E-state index contributed by atoms with van der Waals surface area (Å²) in [5.74, 6) is 0.981. The molecule has 0 bridgehead atoms. The highest BCUT2D eigenvalue weighted by Gasteiger charge is 2.12. The van der Waals surface area contributed by atoms with E-state index in [0.717, 1.165) is 12.3 Å². The summed E-state index contributed by atoms with van der Waals surface area (Å²) in [5.41, 5.74) is 6.92. The number of carbonyl (C=O) groups is 1. The van der Waals surface area contributed by atoms with E-state index >= 15 is 0 Å². The molecule has 81 valence electrons. The molecule has 2 heteroatoms. The summed E-state index contributed by atoms with van der Waals surface area (Å²) in [6.07, 6.45) is 11.2. The van der Waals surface area contributed by atoms with Gasteiger partial charge in [0.1, 0.15) is 5.78 Å². The van der Waals surface area contributed by atoms with Crippen LogP contribution in [0.25, 0.3) is 0 Å². The molecule has 1 fully saturated rings. The van der Waals surface area contributed by atoms with Crippen LogP contribution in [0.15, 0.2) is 0 Å². The number of nitrogens with one attached hydrogen (secondary N) is 1. The molecule has 0 heterocycles. The first kappa shape index (κ1) is 11.7. The van der Waals surface area contributed by atoms with Gasteiger partial charge in [0, 0.05) is 6.42 Å². The number of hydrogen-bond donors (Lipinski definition) is 0. The van der Waals surface area contributed by atoms with Crippen LogP contribution in [-0.4, -0.2) is 12.3 Å². The van der Waals surface area contributed by atoms with Gasteiger partial charge in [-0.05, 0) is 12.3 Å². The van der Waals surface area contributed by atoms with Crippen LogP contribution in [0.5, 0.6) is 0 Å². The summed E-state index contributed by atoms with van der Waals surface area (Å²) in [5, 5.41) is 0. The minimum atomic E-state index is -0.0231. The zero-order valence-electron chi connectivity index (χ0n) is 9.06. The second-order valence-corrected chi connectivity index (χ2v) is 4.47. The molecule has 1 N–H and O–H groups in total. The molecule has 0 spiro atoms. The normalized spacial score (nSPS) is 19.2. The van der Waals surface area contributed by atoms with Gasteiger partial charge < -0.3 is 0 Å². The van der Waals surface area contributed by atoms with Crippen LogP contribution in [0, 0.1) is 5.92 Å². The SMILES string of the molecule is [NH]CC(=O)CCCC1CCCCCC1. The molecule has 0 saturated heterocycles. The third kappa shape index (κ3) is 4.75. The standard InChI is InChI=1S/C12H22NO/c13-10-12(14)9-5-8-11-6-3-1-2-4-7-11/h11,13H,1-10H2. The number of hydrogen-bond acceptors (Lipinski definition) is 1. The van der Waals surface area contributed by atoms with Crippen molar-refractivity contribution in [2.24, 2.45) is 5.92 Å². The average molecular weight is 196 g/mol. The van der Waals surface area contributed by atoms with Gasteiger partial charge in [0.2, 0.25) is 0 Å². The van der Waals surface area contributed by atoms with Crippen molar-refractivity contribution in [3.63, 3.8) is 0 Å². The van der Waals surface area contributed by atoms with Crippen LogP contribution >= 0.6 is 0 Å². The Bertz CT molecular complexity index is 160. The third-order valence-corrected chi connectivity index (χ3v) is 3.24. The summed E-state index contributed by atoms with van der Waals surface area (Å²) in [7, 11) is 0. The Morgan fingerprint density at radius 3 is 2.36 bits per heavy atom. The van der Waals surface area contributed by atoms with E-state index in [1.54, 1.807) is 0 Å². The lowest BCUT2D eigenvalue weighted by atomic mass is 9.94. The first-order chi connectivity index (χ1) is 6.83. The molecular weight excluding hydrogens is 174 g/mol. The smallest absolute Gasteiger partial charge is 0.148 e. The molecule has 0 amide bonds. The molecule has 1 radical (unpaired) electrons. The highest BCUT2D eigenvalue weighted by Crippen LogP contribution is 2.26. The second kappa shape index (κ2) is 6.99. The average Bonchev–Trinajstić information content (AvgIpc) is 2.46. The van der Waals surface area contributed by atoms with Crippen LogP contribution in [0.1, 0.15) is 57.8 Å². The Labute approximate surface area is 87.2 Å². The fraction of sp³-hybridized carbons (Fsp3) is 0.917. The first-order valence-electron chi connectivity index (χ1n) is 5.99. The van der Waals surface area contributed by atoms with Crippen molar-refractivity contribution in [3.05, 3.63) is 0 Å². The van der Waals surface area contributed by atoms with Gasteiger partial charge in [0.15, 0.2) is 0 Å². The lowest BCUT2D eigenvalue weighted by Crippen LogP contribution is -2.06. The number of carbonyl (C=O) groups excluding carboxylic acids is 1. The van der Waals surface area contributed by atoms with Gasteiger partial charge in [-0.15, -0.1) is 0 Å². The maximum Gasteiger partial charge on any atom is 0.148 e. The molecule has 2 nitrogen and oxygen atoms in total. The highest BCUT2D eigenvalue weighted by molar-refractivity contribution is 5.79. The quantitative estimate of drug-likeness (QED) is 0.623. The van der Waals surface area contributed by atoms with Gasteiger partial charge in [0.05, 0.1) is 6.54 Å². The van der Waals surface area contributed by atoms with Gasteiger partial charge in [-0.1, -0.05) is 44.9 Å². The zero-order valence-corrected chi connectivity index (χ0v) is 9.06. The van der Waals surface area contributed by atoms with Crippen molar-refractivity contribution in [1.29, 1.82) is 0 Å². The number of Topliss-reactive ketones (excluding diaryl/α,β-unsaturated/α-hetero) is 1. The fourth-order valence-corrected chi connectivity index (χ4v) is 2.33. The molecule has 0 aromatic heterocycles. The molecule has 1 rings (SSSR count). The van der Waals surface area contributed by atoms with Crippen LogP contribution in [0.4, 0.5) is 0 Å². The van der Waals surface area contributed by atoms with Crippen molar-refractivity contribution in [3.8, 4) is 0 Å². The van der Waals surface area contributed by atoms with Crippen molar-refractivity contribution < 1.29 is 4.79 Å². The van der Waals surface area contributed by atoms with Gasteiger partial charge in [-0.25, -0.2) is 0 Å². The third-order valence-electron chi connectivity index (χ3n) is 3.24. The highest BCUT2D eigenvalue weighted by atomic mass is 16.1. The lowest BCUT2D eigenvalue weighted by molar-refractivity contribution is -0.118. The molecule has 1 saturated carbocycles. The van der Waals surface area contributed by atoms with Crippen molar-refractivity contribution >= 4 is 5.78 Å². The largest absolute Gasteiger partial charge is 0.298 e. The maximum absolute atomic E-state index is 10.9. The minimum Gasteiger partial charge on any atom is -0.298 e. The van der Waals surface area contributed by atoms with Crippen LogP contribution in [-0.2, 0) is 4.79 Å². The van der Waals surface area contributed by atoms with Gasteiger partial charge in [-0.2, -0.15) is 0 Å². The van der Waals surface area contributed by atoms with E-state index in [0.29, 0.717) is 6.42 Å². The Kier molecular flexibility index (Phi) is 5.85. The molecule has 0 aromatic carbocycles. The lowest BCUT2D eigenvalue weighted by Gasteiger charge is -2.12. The number of ketones is 1. The van der Waals surface area contributed by atoms with Crippen molar-refractivity contribution in [2.75, 3.05) is 6.54 Å². The summed E-state index contributed by atoms with van der Waals surface area (Å²) < 4.78 is 0. The van der Waals surface area contributed by atoms with Crippen molar-refractivity contribution in [2.45, 2.75) is 57.8 Å². The molecule has 1 aliphatic carbocycles. The predicted molar refractivity (Wildman–Crippen MR) is 58.0 cm³/mol. The van der Waals surface area contributed by atoms with Gasteiger partial charge in [0.25, 0.3) is 0 Å². The van der Waals surface area contributed by atoms with E-state index in [-0.39, 0.29) is 12.3 Å². The van der Waals surface area contributed by atoms with Gasteiger partial charge in [-0.3, -0.25) is 10.5 Å². The molecule has 0 atom stereocenters. The van der Waals surface area contributed by atoms with E-state index in [9.17, 15) is 4.79 Å². The van der Waals surface area contributed by atoms with Gasteiger partial charge >= 0.3 is 0 Å². The van der Waals surface area contributed by atoms with Crippen molar-refractivity contribution in [1.82, 2.24) is 5.73 Å². The topological polar surface area (TPSA) is 40.9 Å². The molecule has 1 aliphatic rings. The summed E-state index contributed by atoms with van der Waals surface area (Å²) in [6.45, 7) is -0.0231. The monoisotopic (exact) mass is 196 g/mol. The molecule has 0 aromatic rings. The molecule has 0 unspecified atom stereocenters. The van der Waals surface area contributed by atoms with E-state index in [4.69, 9.17) is 5.73 Å². The minimum absolute atomic E-state index is 0.0231. The maximum atomic E-state index is 10.9. The summed E-state index contributed by atoms with van der Waals surface area (Å²) in [6, 6.07) is 0. The zero-order chi connectivity index (χ0) is 10.2. The second-order valence-electron chi connectivity index (χ2n) is 4.47. The summed E-state index contributed by atoms with van der Waals surface area (Å²) in [4.78, 5) is 10.9. The van der Waals surface area contributed by atoms with Crippen LogP contribution < -0.4 is 5.73 Å². The van der Waals surface area contributed by atoms with E-state index < -0.39 is 0 Å². The molecule has 14 heavy (non-hydrogen) atoms. The Morgan fingerprint density at radius 2 is 1.79 bits per heavy atom. The first-order valence-corrected chi connectivity index (χ1v) is 5.99. The van der Waals surface area contributed by atoms with Crippen LogP contribution in [0.2, 0.25) is 0 Å². The summed E-state index contributed by atoms with van der Waals surface area (Å²) >= 11 is 0. The number of rotatable bonds is 5. The van der Waals surface area contributed by atoms with E-state index in [1.807, 2.05) is 0 Å². The molecule has 0 aliphatic heterocycles. The Morgan fingerprint density at radius 1 is 1.14 bits per heavy atom. The van der Waals surface area contributed by atoms with E-state index in [2.05, 4.69) is 0 Å². The molecular formula is C12H22NO. The fourth-order valence-electron chi connectivity index (χ4n) is 2.33. The Balaban J connectivity index is 2.07. The van der Waals surface area contributed by atoms with E-state index in [1.165, 1.54) is 44.9 Å². The Hall–Kier alpha value is -0.370. The van der Waals surface area contributed by atoms with Crippen LogP contribution in [0.3, 0.4) is 0 Å². The predicted octanol–water partition coefficient (Wildman–Crippen LogP) is 2.98.